The molecule has 3 nitrogen and oxygen atoms in total. The van der Waals surface area contributed by atoms with E-state index in [-0.39, 0.29) is 0 Å². The van der Waals surface area contributed by atoms with Gasteiger partial charge in [-0.3, -0.25) is 4.79 Å². The van der Waals surface area contributed by atoms with E-state index >= 15 is 0 Å². The topological polar surface area (TPSA) is 23.6 Å². The van der Waals surface area contributed by atoms with Crippen molar-refractivity contribution in [2.75, 3.05) is 27.2 Å². The Bertz CT molecular complexity index is 369. The largest absolute Gasteiger partial charge is 0.342 e. The van der Waals surface area contributed by atoms with Crippen molar-refractivity contribution in [2.45, 2.75) is 64.3 Å². The lowest BCUT2D eigenvalue weighted by Crippen LogP contribution is -2.54. The van der Waals surface area contributed by atoms with Crippen molar-refractivity contribution < 1.29 is 4.79 Å². The number of carbonyl (C=O) groups excluding carboxylic acids is 1. The van der Waals surface area contributed by atoms with E-state index in [1.165, 1.54) is 38.5 Å². The Morgan fingerprint density at radius 3 is 2.14 bits per heavy atom. The van der Waals surface area contributed by atoms with Crippen molar-refractivity contribution in [3.05, 3.63) is 0 Å². The summed E-state index contributed by atoms with van der Waals surface area (Å²) in [6.45, 7) is 4.36. The maximum Gasteiger partial charge on any atom is 0.225 e. The van der Waals surface area contributed by atoms with Crippen LogP contribution < -0.4 is 0 Å². The van der Waals surface area contributed by atoms with Crippen LogP contribution in [0.2, 0.25) is 0 Å². The first-order chi connectivity index (χ1) is 9.99. The summed E-state index contributed by atoms with van der Waals surface area (Å²) in [4.78, 5) is 17.2. The minimum Gasteiger partial charge on any atom is -0.342 e. The molecule has 0 aromatic rings. The molecule has 1 saturated heterocycles. The lowest BCUT2D eigenvalue weighted by atomic mass is 9.60. The second-order valence-electron chi connectivity index (χ2n) is 8.31. The fraction of sp³-hybridized carbons (Fsp3) is 0.944. The summed E-state index contributed by atoms with van der Waals surface area (Å²) in [7, 11) is 4.39. The molecule has 1 amide bonds. The van der Waals surface area contributed by atoms with Crippen molar-refractivity contribution in [2.24, 2.45) is 17.3 Å². The second-order valence-corrected chi connectivity index (χ2v) is 8.31. The van der Waals surface area contributed by atoms with E-state index in [1.54, 1.807) is 0 Å². The van der Waals surface area contributed by atoms with Crippen LogP contribution in [-0.2, 0) is 4.79 Å². The van der Waals surface area contributed by atoms with Crippen molar-refractivity contribution in [3.8, 4) is 0 Å². The van der Waals surface area contributed by atoms with Crippen LogP contribution in [0.5, 0.6) is 0 Å². The molecule has 0 aromatic carbocycles. The Hall–Kier alpha value is -0.570. The number of carbonyl (C=O) groups is 1. The van der Waals surface area contributed by atoms with E-state index in [0.717, 1.165) is 37.9 Å². The van der Waals surface area contributed by atoms with Crippen LogP contribution in [0.15, 0.2) is 0 Å². The molecule has 0 atom stereocenters. The van der Waals surface area contributed by atoms with Gasteiger partial charge in [0.05, 0.1) is 0 Å². The number of piperidine rings is 1. The fourth-order valence-electron chi connectivity index (χ4n) is 4.68. The molecular weight excluding hydrogens is 260 g/mol. The van der Waals surface area contributed by atoms with Gasteiger partial charge in [-0.25, -0.2) is 0 Å². The SMILES string of the molecule is CC1CCC(C(=O)N2CCC3(CC2)CC(N(C)C)C3)CC1. The molecule has 1 spiro atoms. The summed E-state index contributed by atoms with van der Waals surface area (Å²) >= 11 is 0. The van der Waals surface area contributed by atoms with Crippen LogP contribution in [0.4, 0.5) is 0 Å². The molecule has 2 saturated carbocycles. The number of hydrogen-bond acceptors (Lipinski definition) is 2. The molecule has 0 radical (unpaired) electrons. The highest BCUT2D eigenvalue weighted by Crippen LogP contribution is 2.50. The molecule has 0 N–H and O–H groups in total. The molecule has 0 unspecified atom stereocenters. The van der Waals surface area contributed by atoms with Gasteiger partial charge in [0.2, 0.25) is 5.91 Å². The lowest BCUT2D eigenvalue weighted by molar-refractivity contribution is -0.141. The van der Waals surface area contributed by atoms with Crippen molar-refractivity contribution in [3.63, 3.8) is 0 Å². The Kier molecular flexibility index (Phi) is 4.31. The highest BCUT2D eigenvalue weighted by molar-refractivity contribution is 5.79. The molecule has 0 bridgehead atoms. The normalized spacial score (nSPS) is 33.2. The van der Waals surface area contributed by atoms with Gasteiger partial charge < -0.3 is 9.80 Å². The van der Waals surface area contributed by atoms with Crippen LogP contribution in [0, 0.1) is 17.3 Å². The molecule has 1 heterocycles. The predicted molar refractivity (Wildman–Crippen MR) is 86.1 cm³/mol. The third-order valence-electron chi connectivity index (χ3n) is 6.57. The molecule has 3 rings (SSSR count). The quantitative estimate of drug-likeness (QED) is 0.780. The molecule has 120 valence electrons. The highest BCUT2D eigenvalue weighted by Gasteiger charge is 2.47. The lowest BCUT2D eigenvalue weighted by Gasteiger charge is -2.54. The van der Waals surface area contributed by atoms with Gasteiger partial charge in [-0.15, -0.1) is 0 Å². The van der Waals surface area contributed by atoms with Crippen LogP contribution in [0.25, 0.3) is 0 Å². The summed E-state index contributed by atoms with van der Waals surface area (Å²) < 4.78 is 0. The molecule has 3 fully saturated rings. The first kappa shape index (κ1) is 15.3. The number of nitrogens with zero attached hydrogens (tertiary/aromatic N) is 2. The highest BCUT2D eigenvalue weighted by atomic mass is 16.2. The number of likely N-dealkylation sites (tertiary alicyclic amines) is 1. The molecule has 1 aliphatic heterocycles. The van der Waals surface area contributed by atoms with Gasteiger partial charge in [0.25, 0.3) is 0 Å². The summed E-state index contributed by atoms with van der Waals surface area (Å²) in [5.41, 5.74) is 0.576. The zero-order valence-corrected chi connectivity index (χ0v) is 14.1. The van der Waals surface area contributed by atoms with Gasteiger partial charge >= 0.3 is 0 Å². The van der Waals surface area contributed by atoms with E-state index in [1.807, 2.05) is 0 Å². The van der Waals surface area contributed by atoms with E-state index in [4.69, 9.17) is 0 Å². The zero-order chi connectivity index (χ0) is 15.0. The van der Waals surface area contributed by atoms with E-state index in [9.17, 15) is 4.79 Å². The van der Waals surface area contributed by atoms with Gasteiger partial charge in [-0.1, -0.05) is 6.92 Å². The minimum atomic E-state index is 0.339. The van der Waals surface area contributed by atoms with E-state index in [2.05, 4.69) is 30.8 Å². The predicted octanol–water partition coefficient (Wildman–Crippen LogP) is 3.15. The third-order valence-corrected chi connectivity index (χ3v) is 6.57. The molecule has 3 aliphatic rings. The summed E-state index contributed by atoms with van der Waals surface area (Å²) in [6, 6.07) is 0.784. The van der Waals surface area contributed by atoms with Crippen molar-refractivity contribution in [1.29, 1.82) is 0 Å². The van der Waals surface area contributed by atoms with Crippen LogP contribution in [-0.4, -0.2) is 48.9 Å². The summed E-state index contributed by atoms with van der Waals surface area (Å²) in [5.74, 6) is 1.64. The maximum atomic E-state index is 12.7. The first-order valence-electron chi connectivity index (χ1n) is 8.94. The summed E-state index contributed by atoms with van der Waals surface area (Å²) in [5, 5.41) is 0. The van der Waals surface area contributed by atoms with E-state index in [0.29, 0.717) is 17.2 Å². The van der Waals surface area contributed by atoms with Crippen LogP contribution in [0.3, 0.4) is 0 Å². The minimum absolute atomic E-state index is 0.339. The van der Waals surface area contributed by atoms with Crippen LogP contribution >= 0.6 is 0 Å². The monoisotopic (exact) mass is 292 g/mol. The second kappa shape index (κ2) is 5.91. The third kappa shape index (κ3) is 3.13. The van der Waals surface area contributed by atoms with Crippen molar-refractivity contribution in [1.82, 2.24) is 9.80 Å². The number of hydrogen-bond donors (Lipinski definition) is 0. The molecular formula is C18H32N2O. The van der Waals surface area contributed by atoms with E-state index < -0.39 is 0 Å². The van der Waals surface area contributed by atoms with Gasteiger partial charge in [-0.2, -0.15) is 0 Å². The van der Waals surface area contributed by atoms with Gasteiger partial charge in [-0.05, 0) is 76.8 Å². The average Bonchev–Trinajstić information content (AvgIpc) is 2.45. The Balaban J connectivity index is 1.47. The number of rotatable bonds is 2. The zero-order valence-electron chi connectivity index (χ0n) is 14.1. The Morgan fingerprint density at radius 2 is 1.62 bits per heavy atom. The fourth-order valence-corrected chi connectivity index (χ4v) is 4.68. The molecule has 21 heavy (non-hydrogen) atoms. The van der Waals surface area contributed by atoms with Crippen molar-refractivity contribution >= 4 is 5.91 Å². The average molecular weight is 292 g/mol. The Morgan fingerprint density at radius 1 is 1.05 bits per heavy atom. The number of amides is 1. The Labute approximate surface area is 130 Å². The molecule has 2 aliphatic carbocycles. The maximum absolute atomic E-state index is 12.7. The smallest absolute Gasteiger partial charge is 0.225 e. The summed E-state index contributed by atoms with van der Waals surface area (Å²) in [6.07, 6.45) is 9.94. The van der Waals surface area contributed by atoms with Gasteiger partial charge in [0.1, 0.15) is 0 Å². The molecule has 0 aromatic heterocycles. The standard InChI is InChI=1S/C18H32N2O/c1-14-4-6-15(7-5-14)17(21)20-10-8-18(9-11-20)12-16(13-18)19(2)3/h14-16H,4-13H2,1-3H3. The molecule has 3 heteroatoms. The first-order valence-corrected chi connectivity index (χ1v) is 8.94. The van der Waals surface area contributed by atoms with Gasteiger partial charge in [0.15, 0.2) is 0 Å². The van der Waals surface area contributed by atoms with Gasteiger partial charge in [0, 0.05) is 25.0 Å². The van der Waals surface area contributed by atoms with Crippen LogP contribution in [0.1, 0.15) is 58.3 Å².